The summed E-state index contributed by atoms with van der Waals surface area (Å²) in [5.41, 5.74) is 1.98. The minimum atomic E-state index is 0.392. The van der Waals surface area contributed by atoms with Crippen LogP contribution in [0, 0.1) is 0 Å². The number of imidazole rings is 1. The Labute approximate surface area is 99.6 Å². The highest BCUT2D eigenvalue weighted by Gasteiger charge is 2.20. The summed E-state index contributed by atoms with van der Waals surface area (Å²) < 4.78 is 2.10. The van der Waals surface area contributed by atoms with Crippen LogP contribution in [0.2, 0.25) is 0 Å². The standard InChI is InChI=1S/C13H15N3O/c17-9-13-15-11-3-1-2-4-12(11)16(13)10-5-7-14-8-6-10/h1-4,9-10,14H,5-8H2. The van der Waals surface area contributed by atoms with Gasteiger partial charge in [0.1, 0.15) is 0 Å². The molecule has 88 valence electrons. The maximum atomic E-state index is 11.1. The van der Waals surface area contributed by atoms with E-state index in [1.807, 2.05) is 24.3 Å². The Bertz CT molecular complexity index is 541. The van der Waals surface area contributed by atoms with Crippen molar-refractivity contribution in [1.29, 1.82) is 0 Å². The number of fused-ring (bicyclic) bond motifs is 1. The molecule has 1 aromatic carbocycles. The van der Waals surface area contributed by atoms with Crippen LogP contribution < -0.4 is 5.32 Å². The maximum Gasteiger partial charge on any atom is 0.185 e. The van der Waals surface area contributed by atoms with Crippen LogP contribution >= 0.6 is 0 Å². The number of nitrogens with one attached hydrogen (secondary N) is 1. The van der Waals surface area contributed by atoms with Crippen LogP contribution in [0.15, 0.2) is 24.3 Å². The number of aldehydes is 1. The monoisotopic (exact) mass is 229 g/mol. The van der Waals surface area contributed by atoms with Crippen LogP contribution in [0.3, 0.4) is 0 Å². The largest absolute Gasteiger partial charge is 0.319 e. The lowest BCUT2D eigenvalue weighted by Crippen LogP contribution is -2.30. The molecule has 0 bridgehead atoms. The van der Waals surface area contributed by atoms with Gasteiger partial charge in [0.15, 0.2) is 12.1 Å². The van der Waals surface area contributed by atoms with Crippen LogP contribution in [0.25, 0.3) is 11.0 Å². The molecule has 0 radical (unpaired) electrons. The number of hydrogen-bond acceptors (Lipinski definition) is 3. The molecule has 1 aliphatic rings. The first-order valence-electron chi connectivity index (χ1n) is 6.03. The van der Waals surface area contributed by atoms with E-state index < -0.39 is 0 Å². The Morgan fingerprint density at radius 1 is 1.29 bits per heavy atom. The third kappa shape index (κ3) is 1.74. The minimum Gasteiger partial charge on any atom is -0.319 e. The van der Waals surface area contributed by atoms with Crippen LogP contribution in [0.5, 0.6) is 0 Å². The average Bonchev–Trinajstić information content (AvgIpc) is 2.78. The van der Waals surface area contributed by atoms with Gasteiger partial charge < -0.3 is 9.88 Å². The molecule has 0 saturated carbocycles. The Morgan fingerprint density at radius 3 is 2.82 bits per heavy atom. The first-order valence-corrected chi connectivity index (χ1v) is 6.03. The van der Waals surface area contributed by atoms with Crippen LogP contribution in [0.1, 0.15) is 29.5 Å². The lowest BCUT2D eigenvalue weighted by Gasteiger charge is -2.25. The van der Waals surface area contributed by atoms with Gasteiger partial charge in [-0.15, -0.1) is 0 Å². The summed E-state index contributed by atoms with van der Waals surface area (Å²) in [6, 6.07) is 8.34. The second-order valence-corrected chi connectivity index (χ2v) is 4.43. The van der Waals surface area contributed by atoms with Gasteiger partial charge in [0.25, 0.3) is 0 Å². The van der Waals surface area contributed by atoms with Crippen molar-refractivity contribution in [3.63, 3.8) is 0 Å². The molecule has 2 heterocycles. The lowest BCUT2D eigenvalue weighted by atomic mass is 10.1. The Kier molecular flexibility index (Phi) is 2.65. The smallest absolute Gasteiger partial charge is 0.185 e. The highest BCUT2D eigenvalue weighted by Crippen LogP contribution is 2.25. The van der Waals surface area contributed by atoms with E-state index >= 15 is 0 Å². The molecule has 0 atom stereocenters. The fraction of sp³-hybridized carbons (Fsp3) is 0.385. The predicted molar refractivity (Wildman–Crippen MR) is 66.3 cm³/mol. The SMILES string of the molecule is O=Cc1nc2ccccc2n1C1CCNCC1. The van der Waals surface area contributed by atoms with E-state index in [0.29, 0.717) is 11.9 Å². The molecular formula is C13H15N3O. The van der Waals surface area contributed by atoms with Crippen molar-refractivity contribution < 1.29 is 4.79 Å². The van der Waals surface area contributed by atoms with E-state index in [2.05, 4.69) is 14.9 Å². The van der Waals surface area contributed by atoms with Gasteiger partial charge in [-0.1, -0.05) is 12.1 Å². The van der Waals surface area contributed by atoms with Gasteiger partial charge in [-0.3, -0.25) is 4.79 Å². The molecule has 0 spiro atoms. The number of aromatic nitrogens is 2. The molecule has 1 N–H and O–H groups in total. The second kappa shape index (κ2) is 4.30. The summed E-state index contributed by atoms with van der Waals surface area (Å²) in [6.45, 7) is 2.02. The minimum absolute atomic E-state index is 0.392. The second-order valence-electron chi connectivity index (χ2n) is 4.43. The Morgan fingerprint density at radius 2 is 2.06 bits per heavy atom. The molecule has 3 rings (SSSR count). The molecule has 1 saturated heterocycles. The molecule has 4 heteroatoms. The molecule has 2 aromatic rings. The zero-order chi connectivity index (χ0) is 11.7. The normalized spacial score (nSPS) is 17.4. The molecule has 0 aliphatic carbocycles. The third-order valence-corrected chi connectivity index (χ3v) is 3.40. The zero-order valence-electron chi connectivity index (χ0n) is 9.60. The number of rotatable bonds is 2. The molecule has 4 nitrogen and oxygen atoms in total. The topological polar surface area (TPSA) is 46.9 Å². The number of para-hydroxylation sites is 2. The van der Waals surface area contributed by atoms with Crippen molar-refractivity contribution in [2.45, 2.75) is 18.9 Å². The number of carbonyl (C=O) groups excluding carboxylic acids is 1. The summed E-state index contributed by atoms with van der Waals surface area (Å²) in [6.07, 6.45) is 2.98. The van der Waals surface area contributed by atoms with Gasteiger partial charge in [0.05, 0.1) is 11.0 Å². The third-order valence-electron chi connectivity index (χ3n) is 3.40. The quantitative estimate of drug-likeness (QED) is 0.798. The van der Waals surface area contributed by atoms with Crippen molar-refractivity contribution in [3.8, 4) is 0 Å². The number of carbonyl (C=O) groups is 1. The Balaban J connectivity index is 2.14. The highest BCUT2D eigenvalue weighted by molar-refractivity contribution is 5.83. The molecule has 17 heavy (non-hydrogen) atoms. The Hall–Kier alpha value is -1.68. The van der Waals surface area contributed by atoms with Crippen molar-refractivity contribution in [1.82, 2.24) is 14.9 Å². The summed E-state index contributed by atoms with van der Waals surface area (Å²) >= 11 is 0. The van der Waals surface area contributed by atoms with Crippen molar-refractivity contribution in [2.75, 3.05) is 13.1 Å². The van der Waals surface area contributed by atoms with Gasteiger partial charge in [-0.25, -0.2) is 4.98 Å². The zero-order valence-corrected chi connectivity index (χ0v) is 9.60. The van der Waals surface area contributed by atoms with Crippen LogP contribution in [0.4, 0.5) is 0 Å². The fourth-order valence-electron chi connectivity index (χ4n) is 2.59. The summed E-state index contributed by atoms with van der Waals surface area (Å²) in [4.78, 5) is 15.5. The van der Waals surface area contributed by atoms with Crippen molar-refractivity contribution in [3.05, 3.63) is 30.1 Å². The fourth-order valence-corrected chi connectivity index (χ4v) is 2.59. The number of nitrogens with zero attached hydrogens (tertiary/aromatic N) is 2. The van der Waals surface area contributed by atoms with Crippen molar-refractivity contribution in [2.24, 2.45) is 0 Å². The summed E-state index contributed by atoms with van der Waals surface area (Å²) in [5.74, 6) is 0.554. The number of benzene rings is 1. The van der Waals surface area contributed by atoms with Gasteiger partial charge in [0, 0.05) is 6.04 Å². The molecule has 1 aliphatic heterocycles. The van der Waals surface area contributed by atoms with E-state index in [4.69, 9.17) is 0 Å². The van der Waals surface area contributed by atoms with E-state index in [-0.39, 0.29) is 0 Å². The van der Waals surface area contributed by atoms with Gasteiger partial charge in [-0.2, -0.15) is 0 Å². The highest BCUT2D eigenvalue weighted by atomic mass is 16.1. The number of hydrogen-bond donors (Lipinski definition) is 1. The lowest BCUT2D eigenvalue weighted by molar-refractivity contribution is 0.110. The summed E-state index contributed by atoms with van der Waals surface area (Å²) in [5, 5.41) is 3.34. The number of piperidine rings is 1. The molecule has 1 aromatic heterocycles. The molecule has 1 fully saturated rings. The van der Waals surface area contributed by atoms with E-state index in [1.165, 1.54) is 0 Å². The molecule has 0 unspecified atom stereocenters. The first kappa shape index (κ1) is 10.5. The first-order chi connectivity index (χ1) is 8.40. The van der Waals surface area contributed by atoms with Gasteiger partial charge in [-0.05, 0) is 38.1 Å². The van der Waals surface area contributed by atoms with Crippen molar-refractivity contribution >= 4 is 17.3 Å². The van der Waals surface area contributed by atoms with E-state index in [0.717, 1.165) is 43.3 Å². The molecule has 0 amide bonds. The maximum absolute atomic E-state index is 11.1. The molecular weight excluding hydrogens is 214 g/mol. The summed E-state index contributed by atoms with van der Waals surface area (Å²) in [7, 11) is 0. The van der Waals surface area contributed by atoms with Gasteiger partial charge >= 0.3 is 0 Å². The predicted octanol–water partition coefficient (Wildman–Crippen LogP) is 1.77. The average molecular weight is 229 g/mol. The van der Waals surface area contributed by atoms with Crippen LogP contribution in [-0.2, 0) is 0 Å². The van der Waals surface area contributed by atoms with Gasteiger partial charge in [0.2, 0.25) is 0 Å². The van der Waals surface area contributed by atoms with Crippen LogP contribution in [-0.4, -0.2) is 28.9 Å². The van der Waals surface area contributed by atoms with E-state index in [9.17, 15) is 4.79 Å². The van der Waals surface area contributed by atoms with E-state index in [1.54, 1.807) is 0 Å².